The molecular formula is C15H13I. The SMILES string of the molecule is Cc1ccc(-c2ccccc2C=CI)cc1. The highest BCUT2D eigenvalue weighted by atomic mass is 127. The summed E-state index contributed by atoms with van der Waals surface area (Å²) in [6.07, 6.45) is 2.13. The van der Waals surface area contributed by atoms with Crippen molar-refractivity contribution >= 4 is 28.7 Å². The molecule has 0 spiro atoms. The molecule has 2 aromatic rings. The third kappa shape index (κ3) is 2.53. The number of rotatable bonds is 2. The van der Waals surface area contributed by atoms with Crippen LogP contribution in [-0.2, 0) is 0 Å². The van der Waals surface area contributed by atoms with Crippen molar-refractivity contribution in [3.8, 4) is 11.1 Å². The second-order valence-corrected chi connectivity index (χ2v) is 4.47. The Balaban J connectivity index is 2.51. The zero-order chi connectivity index (χ0) is 11.4. The molecule has 80 valence electrons. The second kappa shape index (κ2) is 5.30. The lowest BCUT2D eigenvalue weighted by Crippen LogP contribution is -1.82. The first kappa shape index (κ1) is 11.4. The lowest BCUT2D eigenvalue weighted by Gasteiger charge is -2.06. The van der Waals surface area contributed by atoms with E-state index in [0.717, 1.165) is 0 Å². The van der Waals surface area contributed by atoms with Crippen LogP contribution in [0.1, 0.15) is 11.1 Å². The fraction of sp³-hybridized carbons (Fsp3) is 0.0667. The quantitative estimate of drug-likeness (QED) is 0.678. The van der Waals surface area contributed by atoms with Gasteiger partial charge in [0.05, 0.1) is 0 Å². The first-order valence-corrected chi connectivity index (χ1v) is 6.48. The minimum atomic E-state index is 1.26. The fourth-order valence-electron chi connectivity index (χ4n) is 1.71. The van der Waals surface area contributed by atoms with Crippen molar-refractivity contribution in [1.82, 2.24) is 0 Å². The average Bonchev–Trinajstić information content (AvgIpc) is 2.32. The van der Waals surface area contributed by atoms with Crippen molar-refractivity contribution < 1.29 is 0 Å². The van der Waals surface area contributed by atoms with Gasteiger partial charge in [-0.25, -0.2) is 0 Å². The summed E-state index contributed by atoms with van der Waals surface area (Å²) in [7, 11) is 0. The van der Waals surface area contributed by atoms with Crippen LogP contribution >= 0.6 is 22.6 Å². The van der Waals surface area contributed by atoms with Crippen LogP contribution in [0, 0.1) is 6.92 Å². The van der Waals surface area contributed by atoms with E-state index < -0.39 is 0 Å². The van der Waals surface area contributed by atoms with Crippen LogP contribution < -0.4 is 0 Å². The largest absolute Gasteiger partial charge is 0.0616 e. The van der Waals surface area contributed by atoms with Crippen LogP contribution in [0.15, 0.2) is 52.6 Å². The van der Waals surface area contributed by atoms with Crippen LogP contribution in [0.25, 0.3) is 17.2 Å². The molecule has 0 heterocycles. The molecule has 0 saturated heterocycles. The lowest BCUT2D eigenvalue weighted by atomic mass is 9.99. The van der Waals surface area contributed by atoms with E-state index in [2.05, 4.69) is 84.1 Å². The van der Waals surface area contributed by atoms with E-state index in [9.17, 15) is 0 Å². The minimum Gasteiger partial charge on any atom is -0.0616 e. The number of benzene rings is 2. The topological polar surface area (TPSA) is 0 Å². The van der Waals surface area contributed by atoms with Gasteiger partial charge in [-0.2, -0.15) is 0 Å². The first-order valence-electron chi connectivity index (χ1n) is 5.24. The van der Waals surface area contributed by atoms with E-state index in [1.54, 1.807) is 0 Å². The maximum atomic E-state index is 2.25. The summed E-state index contributed by atoms with van der Waals surface area (Å²) in [5.74, 6) is 0. The van der Waals surface area contributed by atoms with Crippen molar-refractivity contribution in [1.29, 1.82) is 0 Å². The van der Waals surface area contributed by atoms with Crippen LogP contribution in [0.4, 0.5) is 0 Å². The second-order valence-electron chi connectivity index (χ2n) is 3.75. The maximum absolute atomic E-state index is 2.25. The Kier molecular flexibility index (Phi) is 3.78. The van der Waals surface area contributed by atoms with Gasteiger partial charge in [0.25, 0.3) is 0 Å². The molecule has 16 heavy (non-hydrogen) atoms. The first-order chi connectivity index (χ1) is 7.81. The van der Waals surface area contributed by atoms with E-state index in [4.69, 9.17) is 0 Å². The molecule has 2 rings (SSSR count). The number of hydrogen-bond donors (Lipinski definition) is 0. The summed E-state index contributed by atoms with van der Waals surface area (Å²) in [5, 5.41) is 0. The summed E-state index contributed by atoms with van der Waals surface area (Å²) < 4.78 is 2.05. The van der Waals surface area contributed by atoms with Crippen molar-refractivity contribution in [2.75, 3.05) is 0 Å². The average molecular weight is 320 g/mol. The van der Waals surface area contributed by atoms with E-state index in [1.165, 1.54) is 22.3 Å². The molecule has 0 bridgehead atoms. The van der Waals surface area contributed by atoms with Gasteiger partial charge in [-0.15, -0.1) is 0 Å². The maximum Gasteiger partial charge on any atom is -0.0111 e. The predicted octanol–water partition coefficient (Wildman–Crippen LogP) is 5.07. The standard InChI is InChI=1S/C15H13I/c1-12-6-8-14(9-7-12)15-5-3-2-4-13(15)10-11-16/h2-11H,1H3. The summed E-state index contributed by atoms with van der Waals surface area (Å²) in [5.41, 5.74) is 5.12. The molecule has 0 nitrogen and oxygen atoms in total. The zero-order valence-electron chi connectivity index (χ0n) is 9.15. The molecule has 0 aromatic heterocycles. The normalized spacial score (nSPS) is 10.9. The number of hydrogen-bond acceptors (Lipinski definition) is 0. The Bertz CT molecular complexity index is 495. The van der Waals surface area contributed by atoms with Gasteiger partial charge in [-0.05, 0) is 33.8 Å². The van der Waals surface area contributed by atoms with Crippen molar-refractivity contribution in [2.45, 2.75) is 6.92 Å². The molecule has 1 heteroatoms. The monoisotopic (exact) mass is 320 g/mol. The van der Waals surface area contributed by atoms with Crippen LogP contribution in [-0.4, -0.2) is 0 Å². The number of aryl methyl sites for hydroxylation is 1. The molecule has 0 amide bonds. The minimum absolute atomic E-state index is 1.26. The molecule has 0 radical (unpaired) electrons. The van der Waals surface area contributed by atoms with Crippen LogP contribution in [0.3, 0.4) is 0 Å². The Morgan fingerprint density at radius 1 is 0.938 bits per heavy atom. The van der Waals surface area contributed by atoms with Crippen molar-refractivity contribution in [3.05, 3.63) is 63.7 Å². The Labute approximate surface area is 110 Å². The molecular weight excluding hydrogens is 307 g/mol. The summed E-state index contributed by atoms with van der Waals surface area (Å²) in [6, 6.07) is 17.1. The van der Waals surface area contributed by atoms with Crippen molar-refractivity contribution in [3.63, 3.8) is 0 Å². The molecule has 0 fully saturated rings. The van der Waals surface area contributed by atoms with E-state index in [0.29, 0.717) is 0 Å². The van der Waals surface area contributed by atoms with Gasteiger partial charge in [-0.1, -0.05) is 76.7 Å². The van der Waals surface area contributed by atoms with Crippen molar-refractivity contribution in [2.24, 2.45) is 0 Å². The smallest absolute Gasteiger partial charge is 0.0111 e. The molecule has 2 aromatic carbocycles. The van der Waals surface area contributed by atoms with Gasteiger partial charge >= 0.3 is 0 Å². The molecule has 0 atom stereocenters. The van der Waals surface area contributed by atoms with Gasteiger partial charge in [0.15, 0.2) is 0 Å². The molecule has 0 N–H and O–H groups in total. The molecule has 0 aliphatic heterocycles. The van der Waals surface area contributed by atoms with Gasteiger partial charge in [0, 0.05) is 0 Å². The van der Waals surface area contributed by atoms with Gasteiger partial charge in [-0.3, -0.25) is 0 Å². The molecule has 0 saturated carbocycles. The summed E-state index contributed by atoms with van der Waals surface area (Å²) >= 11 is 2.25. The van der Waals surface area contributed by atoms with Crippen LogP contribution in [0.5, 0.6) is 0 Å². The Morgan fingerprint density at radius 2 is 1.62 bits per heavy atom. The Morgan fingerprint density at radius 3 is 2.31 bits per heavy atom. The van der Waals surface area contributed by atoms with E-state index >= 15 is 0 Å². The number of halogens is 1. The lowest BCUT2D eigenvalue weighted by molar-refractivity contribution is 1.47. The highest BCUT2D eigenvalue weighted by molar-refractivity contribution is 14.1. The highest BCUT2D eigenvalue weighted by Crippen LogP contribution is 2.25. The van der Waals surface area contributed by atoms with Crippen LogP contribution in [0.2, 0.25) is 0 Å². The zero-order valence-corrected chi connectivity index (χ0v) is 11.3. The Hall–Kier alpha value is -1.09. The predicted molar refractivity (Wildman–Crippen MR) is 79.7 cm³/mol. The van der Waals surface area contributed by atoms with Gasteiger partial charge in [0.2, 0.25) is 0 Å². The summed E-state index contributed by atoms with van der Waals surface area (Å²) in [4.78, 5) is 0. The van der Waals surface area contributed by atoms with E-state index in [1.807, 2.05) is 4.08 Å². The van der Waals surface area contributed by atoms with Gasteiger partial charge in [0.1, 0.15) is 0 Å². The molecule has 0 aliphatic rings. The molecule has 0 aliphatic carbocycles. The van der Waals surface area contributed by atoms with Gasteiger partial charge < -0.3 is 0 Å². The molecule has 0 unspecified atom stereocenters. The third-order valence-electron chi connectivity index (χ3n) is 2.57. The summed E-state index contributed by atoms with van der Waals surface area (Å²) in [6.45, 7) is 2.11. The third-order valence-corrected chi connectivity index (χ3v) is 2.93. The fourth-order valence-corrected chi connectivity index (χ4v) is 2.09. The highest BCUT2D eigenvalue weighted by Gasteiger charge is 2.00. The van der Waals surface area contributed by atoms with E-state index in [-0.39, 0.29) is 0 Å².